The van der Waals surface area contributed by atoms with Gasteiger partial charge in [0, 0.05) is 0 Å². The third-order valence-corrected chi connectivity index (χ3v) is 4.07. The van der Waals surface area contributed by atoms with Crippen molar-refractivity contribution in [3.05, 3.63) is 63.4 Å². The molecule has 0 spiro atoms. The van der Waals surface area contributed by atoms with Gasteiger partial charge in [-0.3, -0.25) is 0 Å². The largest absolute Gasteiger partial charge is 0.496 e. The summed E-state index contributed by atoms with van der Waals surface area (Å²) in [6, 6.07) is 10.6. The first kappa shape index (κ1) is 14.4. The van der Waals surface area contributed by atoms with E-state index < -0.39 is 0 Å². The lowest BCUT2D eigenvalue weighted by Gasteiger charge is -2.13. The summed E-state index contributed by atoms with van der Waals surface area (Å²) < 4.78 is 19.3. The highest BCUT2D eigenvalue weighted by atomic mass is 79.9. The van der Waals surface area contributed by atoms with Crippen LogP contribution >= 0.6 is 27.5 Å². The van der Waals surface area contributed by atoms with Crippen LogP contribution in [-0.2, 0) is 0 Å². The Bertz CT molecular complexity index is 601. The quantitative estimate of drug-likeness (QED) is 0.693. The van der Waals surface area contributed by atoms with Gasteiger partial charge in [-0.2, -0.15) is 0 Å². The third kappa shape index (κ3) is 3.10. The Labute approximate surface area is 125 Å². The molecule has 0 fully saturated rings. The average Bonchev–Trinajstić information content (AvgIpc) is 2.41. The summed E-state index contributed by atoms with van der Waals surface area (Å²) >= 11 is 9.87. The number of hydrogen-bond donors (Lipinski definition) is 0. The van der Waals surface area contributed by atoms with E-state index in [1.165, 1.54) is 6.07 Å². The lowest BCUT2D eigenvalue weighted by molar-refractivity contribution is 0.412. The second-order valence-corrected chi connectivity index (χ2v) is 5.56. The summed E-state index contributed by atoms with van der Waals surface area (Å²) in [5.41, 5.74) is 2.40. The fourth-order valence-corrected chi connectivity index (χ4v) is 2.69. The van der Waals surface area contributed by atoms with Crippen molar-refractivity contribution < 1.29 is 9.13 Å². The minimum absolute atomic E-state index is 0.219. The molecule has 1 atom stereocenters. The second-order valence-electron chi connectivity index (χ2n) is 4.27. The van der Waals surface area contributed by atoms with Gasteiger partial charge < -0.3 is 4.74 Å². The van der Waals surface area contributed by atoms with Crippen molar-refractivity contribution in [2.24, 2.45) is 0 Å². The highest BCUT2D eigenvalue weighted by Crippen LogP contribution is 2.34. The standard InChI is InChI=1S/C15H13BrClFO/c1-9-7-10(3-5-13(9)18)15(17)11-4-6-14(19-2)12(16)8-11/h3-8,15H,1-2H3. The Morgan fingerprint density at radius 2 is 1.79 bits per heavy atom. The van der Waals surface area contributed by atoms with Gasteiger partial charge in [-0.15, -0.1) is 11.6 Å². The fraction of sp³-hybridized carbons (Fsp3) is 0.200. The van der Waals surface area contributed by atoms with E-state index in [-0.39, 0.29) is 11.2 Å². The maximum absolute atomic E-state index is 13.3. The lowest BCUT2D eigenvalue weighted by Crippen LogP contribution is -1.96. The number of ether oxygens (including phenoxy) is 1. The third-order valence-electron chi connectivity index (χ3n) is 2.94. The molecule has 2 aromatic carbocycles. The van der Waals surface area contributed by atoms with Crippen molar-refractivity contribution in [1.82, 2.24) is 0 Å². The van der Waals surface area contributed by atoms with Crippen molar-refractivity contribution in [2.45, 2.75) is 12.3 Å². The normalized spacial score (nSPS) is 12.3. The van der Waals surface area contributed by atoms with Crippen LogP contribution in [0.2, 0.25) is 0 Å². The van der Waals surface area contributed by atoms with Gasteiger partial charge in [-0.05, 0) is 57.7 Å². The van der Waals surface area contributed by atoms with E-state index in [1.54, 1.807) is 26.2 Å². The Morgan fingerprint density at radius 1 is 1.16 bits per heavy atom. The van der Waals surface area contributed by atoms with Crippen LogP contribution in [-0.4, -0.2) is 7.11 Å². The van der Waals surface area contributed by atoms with Gasteiger partial charge in [0.25, 0.3) is 0 Å². The molecule has 1 unspecified atom stereocenters. The Hall–Kier alpha value is -1.06. The molecule has 2 rings (SSSR count). The molecule has 0 aliphatic heterocycles. The minimum Gasteiger partial charge on any atom is -0.496 e. The molecule has 2 aromatic rings. The summed E-state index contributed by atoms with van der Waals surface area (Å²) in [7, 11) is 1.61. The van der Waals surface area contributed by atoms with Crippen molar-refractivity contribution in [3.8, 4) is 5.75 Å². The number of methoxy groups -OCH3 is 1. The number of halogens is 3. The van der Waals surface area contributed by atoms with Gasteiger partial charge in [0.15, 0.2) is 0 Å². The predicted molar refractivity (Wildman–Crippen MR) is 79.5 cm³/mol. The smallest absolute Gasteiger partial charge is 0.133 e. The predicted octanol–water partition coefficient (Wildman–Crippen LogP) is 5.23. The molecule has 0 saturated carbocycles. The second kappa shape index (κ2) is 5.93. The van der Waals surface area contributed by atoms with Crippen LogP contribution in [0.5, 0.6) is 5.75 Å². The van der Waals surface area contributed by atoms with E-state index in [0.29, 0.717) is 5.56 Å². The summed E-state index contributed by atoms with van der Waals surface area (Å²) in [5.74, 6) is 0.534. The van der Waals surface area contributed by atoms with Crippen LogP contribution in [0.4, 0.5) is 4.39 Å². The maximum atomic E-state index is 13.3. The topological polar surface area (TPSA) is 9.23 Å². The summed E-state index contributed by atoms with van der Waals surface area (Å²) in [5, 5.41) is -0.318. The van der Waals surface area contributed by atoms with Gasteiger partial charge in [0.1, 0.15) is 11.6 Å². The molecule has 0 aliphatic rings. The monoisotopic (exact) mass is 342 g/mol. The zero-order valence-electron chi connectivity index (χ0n) is 10.6. The maximum Gasteiger partial charge on any atom is 0.133 e. The Morgan fingerprint density at radius 3 is 2.37 bits per heavy atom. The molecule has 0 amide bonds. The van der Waals surface area contributed by atoms with E-state index in [2.05, 4.69) is 15.9 Å². The molecular weight excluding hydrogens is 331 g/mol. The van der Waals surface area contributed by atoms with Crippen molar-refractivity contribution in [3.63, 3.8) is 0 Å². The molecular formula is C15H13BrClFO. The molecule has 4 heteroatoms. The summed E-state index contributed by atoms with van der Waals surface area (Å²) in [6.45, 7) is 1.73. The SMILES string of the molecule is COc1ccc(C(Cl)c2ccc(F)c(C)c2)cc1Br. The lowest BCUT2D eigenvalue weighted by atomic mass is 10.0. The number of benzene rings is 2. The van der Waals surface area contributed by atoms with Crippen molar-refractivity contribution >= 4 is 27.5 Å². The van der Waals surface area contributed by atoms with Gasteiger partial charge in [-0.25, -0.2) is 4.39 Å². The highest BCUT2D eigenvalue weighted by Gasteiger charge is 2.13. The van der Waals surface area contributed by atoms with Gasteiger partial charge in [0.05, 0.1) is 17.0 Å². The van der Waals surface area contributed by atoms with E-state index in [9.17, 15) is 4.39 Å². The molecule has 1 nitrogen and oxygen atoms in total. The van der Waals surface area contributed by atoms with Gasteiger partial charge >= 0.3 is 0 Å². The van der Waals surface area contributed by atoms with Crippen LogP contribution in [0.15, 0.2) is 40.9 Å². The molecule has 0 aliphatic carbocycles. The van der Waals surface area contributed by atoms with Gasteiger partial charge in [0.2, 0.25) is 0 Å². The average molecular weight is 344 g/mol. The number of rotatable bonds is 3. The number of alkyl halides is 1. The van der Waals surface area contributed by atoms with Crippen LogP contribution in [0, 0.1) is 12.7 Å². The Kier molecular flexibility index (Phi) is 4.48. The van der Waals surface area contributed by atoms with E-state index >= 15 is 0 Å². The van der Waals surface area contributed by atoms with Crippen LogP contribution < -0.4 is 4.74 Å². The van der Waals surface area contributed by atoms with Crippen LogP contribution in [0.25, 0.3) is 0 Å². The first-order valence-electron chi connectivity index (χ1n) is 5.76. The van der Waals surface area contributed by atoms with E-state index in [0.717, 1.165) is 21.3 Å². The minimum atomic E-state index is -0.318. The molecule has 100 valence electrons. The summed E-state index contributed by atoms with van der Waals surface area (Å²) in [4.78, 5) is 0. The van der Waals surface area contributed by atoms with Crippen LogP contribution in [0.3, 0.4) is 0 Å². The first-order chi connectivity index (χ1) is 9.02. The number of aryl methyl sites for hydroxylation is 1. The van der Waals surface area contributed by atoms with Crippen LogP contribution in [0.1, 0.15) is 22.1 Å². The molecule has 0 radical (unpaired) electrons. The Balaban J connectivity index is 2.35. The summed E-state index contributed by atoms with van der Waals surface area (Å²) in [6.07, 6.45) is 0. The van der Waals surface area contributed by atoms with E-state index in [1.807, 2.05) is 18.2 Å². The zero-order valence-corrected chi connectivity index (χ0v) is 12.9. The molecule has 0 heterocycles. The first-order valence-corrected chi connectivity index (χ1v) is 6.99. The molecule has 0 saturated heterocycles. The molecule has 0 aromatic heterocycles. The molecule has 0 bridgehead atoms. The highest BCUT2D eigenvalue weighted by molar-refractivity contribution is 9.10. The van der Waals surface area contributed by atoms with Crippen molar-refractivity contribution in [2.75, 3.05) is 7.11 Å². The molecule has 19 heavy (non-hydrogen) atoms. The van der Waals surface area contributed by atoms with E-state index in [4.69, 9.17) is 16.3 Å². The zero-order chi connectivity index (χ0) is 14.0. The van der Waals surface area contributed by atoms with Crippen molar-refractivity contribution in [1.29, 1.82) is 0 Å². The molecule has 0 N–H and O–H groups in total. The van der Waals surface area contributed by atoms with Gasteiger partial charge in [-0.1, -0.05) is 18.2 Å². The fourth-order valence-electron chi connectivity index (χ4n) is 1.86. The number of hydrogen-bond acceptors (Lipinski definition) is 1.